The van der Waals surface area contributed by atoms with Crippen LogP contribution in [0.4, 0.5) is 5.13 Å². The van der Waals surface area contributed by atoms with Gasteiger partial charge in [-0.05, 0) is 6.92 Å². The Bertz CT molecular complexity index is 357. The third-order valence-corrected chi connectivity index (χ3v) is 3.38. The number of piperazine rings is 1. The van der Waals surface area contributed by atoms with Crippen molar-refractivity contribution in [1.29, 1.82) is 0 Å². The van der Waals surface area contributed by atoms with E-state index in [0.29, 0.717) is 0 Å². The van der Waals surface area contributed by atoms with E-state index >= 15 is 0 Å². The van der Waals surface area contributed by atoms with Crippen molar-refractivity contribution in [3.05, 3.63) is 5.82 Å². The maximum Gasteiger partial charge on any atom is 0.219 e. The molecule has 0 saturated carbocycles. The summed E-state index contributed by atoms with van der Waals surface area (Å²) in [5, 5.41) is 0.968. The monoisotopic (exact) mass is 226 g/mol. The van der Waals surface area contributed by atoms with Gasteiger partial charge in [-0.25, -0.2) is 4.98 Å². The lowest BCUT2D eigenvalue weighted by Gasteiger charge is -2.33. The lowest BCUT2D eigenvalue weighted by atomic mass is 10.3. The predicted octanol–water partition coefficient (Wildman–Crippen LogP) is 0.515. The van der Waals surface area contributed by atoms with E-state index in [1.54, 1.807) is 6.92 Å². The van der Waals surface area contributed by atoms with Crippen molar-refractivity contribution < 1.29 is 4.79 Å². The van der Waals surface area contributed by atoms with Gasteiger partial charge in [-0.3, -0.25) is 4.79 Å². The number of carbonyl (C=O) groups excluding carboxylic acids is 1. The molecule has 1 amide bonds. The van der Waals surface area contributed by atoms with E-state index in [9.17, 15) is 4.79 Å². The summed E-state index contributed by atoms with van der Waals surface area (Å²) in [6.07, 6.45) is 0. The van der Waals surface area contributed by atoms with Crippen molar-refractivity contribution in [1.82, 2.24) is 14.3 Å². The zero-order chi connectivity index (χ0) is 10.8. The highest BCUT2D eigenvalue weighted by Crippen LogP contribution is 2.18. The number of nitrogens with zero attached hydrogens (tertiary/aromatic N) is 4. The van der Waals surface area contributed by atoms with Gasteiger partial charge in [0.1, 0.15) is 5.82 Å². The summed E-state index contributed by atoms with van der Waals surface area (Å²) in [6, 6.07) is 0. The van der Waals surface area contributed by atoms with E-state index in [0.717, 1.165) is 37.1 Å². The van der Waals surface area contributed by atoms with Gasteiger partial charge in [-0.15, -0.1) is 0 Å². The molecule has 2 heterocycles. The zero-order valence-electron chi connectivity index (χ0n) is 8.93. The van der Waals surface area contributed by atoms with Crippen molar-refractivity contribution in [3.63, 3.8) is 0 Å². The summed E-state index contributed by atoms with van der Waals surface area (Å²) in [5.41, 5.74) is 0. The van der Waals surface area contributed by atoms with Gasteiger partial charge < -0.3 is 9.80 Å². The second-order valence-corrected chi connectivity index (χ2v) is 4.35. The van der Waals surface area contributed by atoms with Crippen molar-refractivity contribution in [2.45, 2.75) is 13.8 Å². The number of aromatic nitrogens is 2. The van der Waals surface area contributed by atoms with E-state index in [-0.39, 0.29) is 5.91 Å². The van der Waals surface area contributed by atoms with Gasteiger partial charge in [0.05, 0.1) is 0 Å². The molecule has 0 radical (unpaired) electrons. The first-order chi connectivity index (χ1) is 7.16. The summed E-state index contributed by atoms with van der Waals surface area (Å²) in [6.45, 7) is 6.79. The first kappa shape index (κ1) is 10.4. The molecule has 15 heavy (non-hydrogen) atoms. The van der Waals surface area contributed by atoms with Crippen LogP contribution < -0.4 is 4.90 Å². The fraction of sp³-hybridized carbons (Fsp3) is 0.667. The van der Waals surface area contributed by atoms with E-state index in [4.69, 9.17) is 0 Å². The van der Waals surface area contributed by atoms with Crippen LogP contribution in [0.1, 0.15) is 12.7 Å². The van der Waals surface area contributed by atoms with Gasteiger partial charge in [0.15, 0.2) is 0 Å². The Hall–Kier alpha value is -1.17. The van der Waals surface area contributed by atoms with Crippen molar-refractivity contribution in [2.75, 3.05) is 31.1 Å². The van der Waals surface area contributed by atoms with Crippen LogP contribution in [-0.4, -0.2) is 46.3 Å². The van der Waals surface area contributed by atoms with Gasteiger partial charge in [-0.1, -0.05) is 0 Å². The third kappa shape index (κ3) is 2.26. The molecule has 0 aliphatic carbocycles. The molecule has 5 nitrogen and oxygen atoms in total. The molecular weight excluding hydrogens is 212 g/mol. The molecule has 0 atom stereocenters. The molecule has 1 saturated heterocycles. The van der Waals surface area contributed by atoms with Crippen LogP contribution in [0.25, 0.3) is 0 Å². The van der Waals surface area contributed by atoms with Crippen LogP contribution in [0.2, 0.25) is 0 Å². The smallest absolute Gasteiger partial charge is 0.219 e. The van der Waals surface area contributed by atoms with Crippen LogP contribution in [0.5, 0.6) is 0 Å². The number of anilines is 1. The fourth-order valence-electron chi connectivity index (χ4n) is 1.63. The normalized spacial score (nSPS) is 16.9. The van der Waals surface area contributed by atoms with Crippen molar-refractivity contribution in [3.8, 4) is 0 Å². The quantitative estimate of drug-likeness (QED) is 0.700. The van der Waals surface area contributed by atoms with Crippen LogP contribution in [-0.2, 0) is 4.79 Å². The average Bonchev–Trinajstić information content (AvgIpc) is 2.65. The Morgan fingerprint density at radius 2 is 2.00 bits per heavy atom. The molecule has 0 N–H and O–H groups in total. The number of amides is 1. The van der Waals surface area contributed by atoms with E-state index < -0.39 is 0 Å². The highest BCUT2D eigenvalue weighted by Gasteiger charge is 2.20. The molecule has 1 aliphatic heterocycles. The Balaban J connectivity index is 1.96. The maximum absolute atomic E-state index is 11.1. The molecule has 1 aromatic rings. The molecule has 0 bridgehead atoms. The molecule has 0 spiro atoms. The van der Waals surface area contributed by atoms with Crippen LogP contribution in [0.3, 0.4) is 0 Å². The predicted molar refractivity (Wildman–Crippen MR) is 59.1 cm³/mol. The first-order valence-corrected chi connectivity index (χ1v) is 5.75. The Kier molecular flexibility index (Phi) is 2.86. The molecule has 1 aliphatic rings. The lowest BCUT2D eigenvalue weighted by Crippen LogP contribution is -2.48. The summed E-state index contributed by atoms with van der Waals surface area (Å²) in [7, 11) is 0. The minimum absolute atomic E-state index is 0.156. The average molecular weight is 226 g/mol. The second-order valence-electron chi connectivity index (χ2n) is 3.62. The topological polar surface area (TPSA) is 49.3 Å². The Morgan fingerprint density at radius 1 is 1.33 bits per heavy atom. The maximum atomic E-state index is 11.1. The fourth-order valence-corrected chi connectivity index (χ4v) is 2.35. The Labute approximate surface area is 92.9 Å². The van der Waals surface area contributed by atoms with Crippen LogP contribution >= 0.6 is 11.5 Å². The summed E-state index contributed by atoms with van der Waals surface area (Å²) >= 11 is 1.43. The molecule has 2 rings (SSSR count). The van der Waals surface area contributed by atoms with Gasteiger partial charge in [0, 0.05) is 44.6 Å². The highest BCUT2D eigenvalue weighted by atomic mass is 32.1. The molecule has 1 aromatic heterocycles. The Morgan fingerprint density at radius 3 is 2.47 bits per heavy atom. The zero-order valence-corrected chi connectivity index (χ0v) is 9.75. The van der Waals surface area contributed by atoms with E-state index in [2.05, 4.69) is 14.3 Å². The lowest BCUT2D eigenvalue weighted by molar-refractivity contribution is -0.129. The number of carbonyl (C=O) groups is 1. The minimum atomic E-state index is 0.156. The van der Waals surface area contributed by atoms with E-state index in [1.165, 1.54) is 11.5 Å². The van der Waals surface area contributed by atoms with Gasteiger partial charge in [-0.2, -0.15) is 4.37 Å². The standard InChI is InChI=1S/C9H14N4OS/c1-7-10-9(15-11-7)13-5-3-12(4-6-13)8(2)14/h3-6H2,1-2H3. The van der Waals surface area contributed by atoms with E-state index in [1.807, 2.05) is 11.8 Å². The SMILES string of the molecule is CC(=O)N1CCN(c2nc(C)ns2)CC1. The molecular formula is C9H14N4OS. The summed E-state index contributed by atoms with van der Waals surface area (Å²) in [5.74, 6) is 0.979. The number of rotatable bonds is 1. The number of aryl methyl sites for hydroxylation is 1. The molecule has 1 fully saturated rings. The second kappa shape index (κ2) is 4.14. The molecule has 0 unspecified atom stereocenters. The largest absolute Gasteiger partial charge is 0.343 e. The summed E-state index contributed by atoms with van der Waals surface area (Å²) < 4.78 is 4.15. The van der Waals surface area contributed by atoms with Gasteiger partial charge >= 0.3 is 0 Å². The third-order valence-electron chi connectivity index (χ3n) is 2.51. The minimum Gasteiger partial charge on any atom is -0.343 e. The van der Waals surface area contributed by atoms with Crippen LogP contribution in [0.15, 0.2) is 0 Å². The highest BCUT2D eigenvalue weighted by molar-refractivity contribution is 7.09. The van der Waals surface area contributed by atoms with Crippen molar-refractivity contribution >= 4 is 22.6 Å². The molecule has 6 heteroatoms. The molecule has 0 aromatic carbocycles. The van der Waals surface area contributed by atoms with Gasteiger partial charge in [0.2, 0.25) is 11.0 Å². The number of hydrogen-bond acceptors (Lipinski definition) is 5. The van der Waals surface area contributed by atoms with Crippen LogP contribution in [0, 0.1) is 6.92 Å². The summed E-state index contributed by atoms with van der Waals surface area (Å²) in [4.78, 5) is 19.5. The van der Waals surface area contributed by atoms with Gasteiger partial charge in [0.25, 0.3) is 0 Å². The molecule has 82 valence electrons. The first-order valence-electron chi connectivity index (χ1n) is 4.97. The number of hydrogen-bond donors (Lipinski definition) is 0. The van der Waals surface area contributed by atoms with Crippen molar-refractivity contribution in [2.24, 2.45) is 0 Å².